The van der Waals surface area contributed by atoms with Crippen LogP contribution < -0.4 is 11.1 Å². The molecule has 4 heteroatoms. The van der Waals surface area contributed by atoms with E-state index in [0.717, 1.165) is 24.8 Å². The fraction of sp³-hybridized carbons (Fsp3) is 0.562. The van der Waals surface area contributed by atoms with Gasteiger partial charge in [-0.2, -0.15) is 0 Å². The molecule has 1 saturated carbocycles. The summed E-state index contributed by atoms with van der Waals surface area (Å²) in [4.78, 5) is 12.0. The molecule has 110 valence electrons. The number of benzene rings is 1. The van der Waals surface area contributed by atoms with Gasteiger partial charge in [-0.1, -0.05) is 30.3 Å². The smallest absolute Gasteiger partial charge is 0.408 e. The van der Waals surface area contributed by atoms with E-state index in [1.165, 1.54) is 0 Å². The summed E-state index contributed by atoms with van der Waals surface area (Å²) in [5.74, 6) is 0. The molecule has 0 spiro atoms. The SMILES string of the molecule is CC(C)(C)OC(=O)NC(CC1(N)CC1)c1ccccc1. The van der Waals surface area contributed by atoms with E-state index in [0.29, 0.717) is 0 Å². The number of nitrogens with two attached hydrogens (primary N) is 1. The lowest BCUT2D eigenvalue weighted by molar-refractivity contribution is 0.0498. The maximum absolute atomic E-state index is 12.0. The van der Waals surface area contributed by atoms with Crippen molar-refractivity contribution >= 4 is 6.09 Å². The second-order valence-corrected chi connectivity index (χ2v) is 6.68. The number of hydrogen-bond acceptors (Lipinski definition) is 3. The van der Waals surface area contributed by atoms with Crippen LogP contribution in [-0.4, -0.2) is 17.2 Å². The minimum absolute atomic E-state index is 0.0986. The van der Waals surface area contributed by atoms with Gasteiger partial charge in [-0.15, -0.1) is 0 Å². The first kappa shape index (κ1) is 14.9. The molecular formula is C16H24N2O2. The van der Waals surface area contributed by atoms with E-state index < -0.39 is 11.7 Å². The van der Waals surface area contributed by atoms with E-state index in [2.05, 4.69) is 5.32 Å². The van der Waals surface area contributed by atoms with Gasteiger partial charge in [0.2, 0.25) is 0 Å². The summed E-state index contributed by atoms with van der Waals surface area (Å²) in [5.41, 5.74) is 6.64. The molecule has 0 heterocycles. The van der Waals surface area contributed by atoms with E-state index in [1.54, 1.807) is 0 Å². The van der Waals surface area contributed by atoms with Gasteiger partial charge in [0.25, 0.3) is 0 Å². The first-order chi connectivity index (χ1) is 9.27. The second-order valence-electron chi connectivity index (χ2n) is 6.68. The van der Waals surface area contributed by atoms with E-state index >= 15 is 0 Å². The van der Waals surface area contributed by atoms with Gasteiger partial charge in [-0.3, -0.25) is 0 Å². The molecule has 0 saturated heterocycles. The molecule has 3 N–H and O–H groups in total. The zero-order valence-electron chi connectivity index (χ0n) is 12.5. The Morgan fingerprint density at radius 3 is 2.45 bits per heavy atom. The van der Waals surface area contributed by atoms with Gasteiger partial charge < -0.3 is 15.8 Å². The Morgan fingerprint density at radius 2 is 1.95 bits per heavy atom. The summed E-state index contributed by atoms with van der Waals surface area (Å²) in [6, 6.07) is 9.81. The quantitative estimate of drug-likeness (QED) is 0.888. The Morgan fingerprint density at radius 1 is 1.35 bits per heavy atom. The third-order valence-corrected chi connectivity index (χ3v) is 3.40. The third kappa shape index (κ3) is 4.53. The molecule has 1 amide bonds. The summed E-state index contributed by atoms with van der Waals surface area (Å²) in [5, 5.41) is 2.95. The number of nitrogens with one attached hydrogen (secondary N) is 1. The average molecular weight is 276 g/mol. The predicted molar refractivity (Wildman–Crippen MR) is 79.3 cm³/mol. The van der Waals surface area contributed by atoms with Crippen LogP contribution in [0.4, 0.5) is 4.79 Å². The molecule has 1 unspecified atom stereocenters. The minimum Gasteiger partial charge on any atom is -0.444 e. The first-order valence-electron chi connectivity index (χ1n) is 7.11. The molecule has 1 aliphatic carbocycles. The summed E-state index contributed by atoms with van der Waals surface area (Å²) >= 11 is 0. The van der Waals surface area contributed by atoms with Crippen molar-refractivity contribution in [2.45, 2.75) is 57.2 Å². The molecule has 0 aliphatic heterocycles. The maximum atomic E-state index is 12.0. The van der Waals surface area contributed by atoms with Crippen molar-refractivity contribution < 1.29 is 9.53 Å². The molecule has 1 aromatic rings. The van der Waals surface area contributed by atoms with Crippen LogP contribution in [0.1, 0.15) is 51.6 Å². The minimum atomic E-state index is -0.495. The van der Waals surface area contributed by atoms with Crippen LogP contribution in [0.2, 0.25) is 0 Å². The van der Waals surface area contributed by atoms with Crippen molar-refractivity contribution in [2.24, 2.45) is 5.73 Å². The molecule has 20 heavy (non-hydrogen) atoms. The molecule has 2 rings (SSSR count). The number of rotatable bonds is 4. The molecule has 0 radical (unpaired) electrons. The zero-order chi connectivity index (χ0) is 14.8. The molecule has 4 nitrogen and oxygen atoms in total. The van der Waals surface area contributed by atoms with Gasteiger partial charge in [0.1, 0.15) is 5.60 Å². The molecule has 1 fully saturated rings. The number of alkyl carbamates (subject to hydrolysis) is 1. The monoisotopic (exact) mass is 276 g/mol. The van der Waals surface area contributed by atoms with Crippen molar-refractivity contribution in [3.8, 4) is 0 Å². The number of carbonyl (C=O) groups is 1. The number of ether oxygens (including phenoxy) is 1. The summed E-state index contributed by atoms with van der Waals surface area (Å²) in [7, 11) is 0. The largest absolute Gasteiger partial charge is 0.444 e. The summed E-state index contributed by atoms with van der Waals surface area (Å²) in [6.45, 7) is 5.57. The van der Waals surface area contributed by atoms with Gasteiger partial charge in [0, 0.05) is 5.54 Å². The van der Waals surface area contributed by atoms with E-state index in [-0.39, 0.29) is 11.6 Å². The number of hydrogen-bond donors (Lipinski definition) is 2. The highest BCUT2D eigenvalue weighted by atomic mass is 16.6. The summed E-state index contributed by atoms with van der Waals surface area (Å²) in [6.07, 6.45) is 2.39. The molecule has 1 aliphatic rings. The zero-order valence-corrected chi connectivity index (χ0v) is 12.5. The maximum Gasteiger partial charge on any atom is 0.408 e. The lowest BCUT2D eigenvalue weighted by Crippen LogP contribution is -2.38. The Labute approximate surface area is 120 Å². The molecule has 1 aromatic carbocycles. The van der Waals surface area contributed by atoms with Crippen LogP contribution >= 0.6 is 0 Å². The molecule has 0 aromatic heterocycles. The lowest BCUT2D eigenvalue weighted by atomic mass is 9.98. The highest BCUT2D eigenvalue weighted by molar-refractivity contribution is 5.68. The lowest BCUT2D eigenvalue weighted by Gasteiger charge is -2.25. The van der Waals surface area contributed by atoms with Gasteiger partial charge in [-0.05, 0) is 45.6 Å². The Hall–Kier alpha value is -1.55. The molecular weight excluding hydrogens is 252 g/mol. The highest BCUT2D eigenvalue weighted by Crippen LogP contribution is 2.40. The van der Waals surface area contributed by atoms with E-state index in [1.807, 2.05) is 51.1 Å². The van der Waals surface area contributed by atoms with Gasteiger partial charge in [-0.25, -0.2) is 4.79 Å². The summed E-state index contributed by atoms with van der Waals surface area (Å²) < 4.78 is 5.33. The van der Waals surface area contributed by atoms with E-state index in [9.17, 15) is 4.79 Å². The van der Waals surface area contributed by atoms with Gasteiger partial charge in [0.05, 0.1) is 6.04 Å². The van der Waals surface area contributed by atoms with Crippen LogP contribution in [-0.2, 0) is 4.74 Å². The highest BCUT2D eigenvalue weighted by Gasteiger charge is 2.41. The van der Waals surface area contributed by atoms with Crippen LogP contribution in [0.5, 0.6) is 0 Å². The molecule has 1 atom stereocenters. The van der Waals surface area contributed by atoms with Crippen molar-refractivity contribution in [2.75, 3.05) is 0 Å². The van der Waals surface area contributed by atoms with Gasteiger partial charge in [0.15, 0.2) is 0 Å². The Balaban J connectivity index is 2.05. The fourth-order valence-corrected chi connectivity index (χ4v) is 2.16. The third-order valence-electron chi connectivity index (χ3n) is 3.40. The van der Waals surface area contributed by atoms with Crippen molar-refractivity contribution in [1.29, 1.82) is 0 Å². The van der Waals surface area contributed by atoms with Gasteiger partial charge >= 0.3 is 6.09 Å². The van der Waals surface area contributed by atoms with Crippen LogP contribution in [0, 0.1) is 0 Å². The van der Waals surface area contributed by atoms with Crippen molar-refractivity contribution in [3.63, 3.8) is 0 Å². The van der Waals surface area contributed by atoms with Crippen LogP contribution in [0.15, 0.2) is 30.3 Å². The topological polar surface area (TPSA) is 64.3 Å². The number of amides is 1. The Kier molecular flexibility index (Phi) is 4.04. The predicted octanol–water partition coefficient (Wildman–Crippen LogP) is 3.13. The number of carbonyl (C=O) groups excluding carboxylic acids is 1. The van der Waals surface area contributed by atoms with Crippen LogP contribution in [0.25, 0.3) is 0 Å². The first-order valence-corrected chi connectivity index (χ1v) is 7.11. The molecule has 0 bridgehead atoms. The Bertz CT molecular complexity index is 461. The second kappa shape index (κ2) is 5.44. The van der Waals surface area contributed by atoms with Crippen molar-refractivity contribution in [3.05, 3.63) is 35.9 Å². The average Bonchev–Trinajstić information content (AvgIpc) is 3.05. The fourth-order valence-electron chi connectivity index (χ4n) is 2.16. The standard InChI is InChI=1S/C16H24N2O2/c1-15(2,3)20-14(19)18-13(11-16(17)9-10-16)12-7-5-4-6-8-12/h4-8,13H,9-11,17H2,1-3H3,(H,18,19). The van der Waals surface area contributed by atoms with Crippen LogP contribution in [0.3, 0.4) is 0 Å². The van der Waals surface area contributed by atoms with Crippen molar-refractivity contribution in [1.82, 2.24) is 5.32 Å². The normalized spacial score (nSPS) is 18.2. The van der Waals surface area contributed by atoms with E-state index in [4.69, 9.17) is 10.5 Å².